The summed E-state index contributed by atoms with van der Waals surface area (Å²) in [6.45, 7) is 0.639. The molecule has 12 heavy (non-hydrogen) atoms. The number of rotatable bonds is 1. The molecule has 0 aliphatic heterocycles. The van der Waals surface area contributed by atoms with Crippen LogP contribution in [-0.4, -0.2) is 11.7 Å². The molecule has 1 atom stereocenters. The Hall–Kier alpha value is -1.29. The Morgan fingerprint density at radius 1 is 1.67 bits per heavy atom. The lowest BCUT2D eigenvalue weighted by Gasteiger charge is -2.12. The zero-order valence-electron chi connectivity index (χ0n) is 6.66. The molecular formula is C8H11N3O. The van der Waals surface area contributed by atoms with E-state index in [1.165, 1.54) is 0 Å². The van der Waals surface area contributed by atoms with Crippen LogP contribution >= 0.6 is 0 Å². The number of nitrogens with zero attached hydrogens (tertiary/aromatic N) is 1. The van der Waals surface area contributed by atoms with Crippen molar-refractivity contribution < 1.29 is 4.52 Å². The van der Waals surface area contributed by atoms with Gasteiger partial charge in [0.25, 0.3) is 0 Å². The number of hydrogen-bond acceptors (Lipinski definition) is 4. The molecule has 0 fully saturated rings. The molecule has 1 heterocycles. The van der Waals surface area contributed by atoms with E-state index < -0.39 is 0 Å². The van der Waals surface area contributed by atoms with Crippen LogP contribution in [0, 0.1) is 5.92 Å². The molecule has 1 aliphatic rings. The summed E-state index contributed by atoms with van der Waals surface area (Å²) in [5, 5.41) is 3.68. The van der Waals surface area contributed by atoms with Gasteiger partial charge in [0.05, 0.1) is 0 Å². The van der Waals surface area contributed by atoms with E-state index in [1.807, 2.05) is 12.2 Å². The average Bonchev–Trinajstić information content (AvgIpc) is 2.47. The second-order valence-corrected chi connectivity index (χ2v) is 2.97. The summed E-state index contributed by atoms with van der Waals surface area (Å²) < 4.78 is 4.98. The molecule has 0 saturated carbocycles. The van der Waals surface area contributed by atoms with Gasteiger partial charge in [0.1, 0.15) is 0 Å². The van der Waals surface area contributed by atoms with Gasteiger partial charge in [-0.05, 0) is 25.0 Å². The van der Waals surface area contributed by atoms with Crippen LogP contribution in [0.4, 0.5) is 5.82 Å². The second-order valence-electron chi connectivity index (χ2n) is 2.97. The van der Waals surface area contributed by atoms with Crippen LogP contribution in [0.5, 0.6) is 0 Å². The largest absolute Gasteiger partial charge is 0.381 e. The number of aromatic nitrogens is 1. The zero-order chi connectivity index (χ0) is 8.55. The molecule has 0 bridgehead atoms. The predicted molar refractivity (Wildman–Crippen MR) is 46.2 cm³/mol. The van der Waals surface area contributed by atoms with Gasteiger partial charge in [-0.1, -0.05) is 11.2 Å². The summed E-state index contributed by atoms with van der Waals surface area (Å²) in [6.07, 6.45) is 4.77. The number of nitrogen functional groups attached to an aromatic ring is 1. The van der Waals surface area contributed by atoms with Gasteiger partial charge in [-0.3, -0.25) is 0 Å². The van der Waals surface area contributed by atoms with Gasteiger partial charge in [-0.2, -0.15) is 0 Å². The van der Waals surface area contributed by atoms with E-state index in [9.17, 15) is 0 Å². The topological polar surface area (TPSA) is 78.1 Å². The van der Waals surface area contributed by atoms with Crippen LogP contribution in [0.15, 0.2) is 10.6 Å². The van der Waals surface area contributed by atoms with Crippen molar-refractivity contribution in [2.75, 3.05) is 12.3 Å². The smallest absolute Gasteiger partial charge is 0.170 e. The number of fused-ring (bicyclic) bond motifs is 1. The van der Waals surface area contributed by atoms with E-state index in [-0.39, 0.29) is 0 Å². The first-order chi connectivity index (χ1) is 5.81. The van der Waals surface area contributed by atoms with Gasteiger partial charge >= 0.3 is 0 Å². The van der Waals surface area contributed by atoms with Crippen molar-refractivity contribution in [1.82, 2.24) is 5.16 Å². The van der Waals surface area contributed by atoms with Crippen molar-refractivity contribution in [3.05, 3.63) is 17.4 Å². The standard InChI is InChI=1S/C8H11N3O/c9-4-5-1-2-7-6(3-5)8(10)11-12-7/h1-2,5H,3-4,9H2,(H2,10,11). The van der Waals surface area contributed by atoms with E-state index in [1.54, 1.807) is 0 Å². The first kappa shape index (κ1) is 7.36. The zero-order valence-corrected chi connectivity index (χ0v) is 6.66. The van der Waals surface area contributed by atoms with Crippen LogP contribution in [0.3, 0.4) is 0 Å². The molecule has 0 amide bonds. The summed E-state index contributed by atoms with van der Waals surface area (Å²) in [4.78, 5) is 0. The Morgan fingerprint density at radius 3 is 3.25 bits per heavy atom. The quantitative estimate of drug-likeness (QED) is 0.631. The van der Waals surface area contributed by atoms with Crippen LogP contribution in [0.1, 0.15) is 11.3 Å². The fourth-order valence-corrected chi connectivity index (χ4v) is 1.39. The Kier molecular flexibility index (Phi) is 1.62. The van der Waals surface area contributed by atoms with Gasteiger partial charge in [0.2, 0.25) is 0 Å². The summed E-state index contributed by atoms with van der Waals surface area (Å²) in [7, 11) is 0. The minimum atomic E-state index is 0.374. The van der Waals surface area contributed by atoms with E-state index >= 15 is 0 Å². The van der Waals surface area contributed by atoms with E-state index in [4.69, 9.17) is 16.0 Å². The summed E-state index contributed by atoms with van der Waals surface area (Å²) in [5.41, 5.74) is 12.1. The molecule has 0 radical (unpaired) electrons. The fraction of sp³-hybridized carbons (Fsp3) is 0.375. The van der Waals surface area contributed by atoms with Gasteiger partial charge in [0.15, 0.2) is 11.6 Å². The molecule has 4 N–H and O–H groups in total. The molecule has 2 rings (SSSR count). The van der Waals surface area contributed by atoms with Crippen LogP contribution in [0.25, 0.3) is 6.08 Å². The van der Waals surface area contributed by atoms with Crippen molar-refractivity contribution in [2.24, 2.45) is 11.7 Å². The Bertz CT molecular complexity index is 316. The van der Waals surface area contributed by atoms with Gasteiger partial charge in [0, 0.05) is 5.56 Å². The molecule has 4 nitrogen and oxygen atoms in total. The van der Waals surface area contributed by atoms with Crippen LogP contribution in [-0.2, 0) is 6.42 Å². The first-order valence-corrected chi connectivity index (χ1v) is 3.93. The molecule has 1 aromatic heterocycles. The van der Waals surface area contributed by atoms with Gasteiger partial charge in [-0.15, -0.1) is 0 Å². The molecule has 0 saturated heterocycles. The van der Waals surface area contributed by atoms with E-state index in [0.717, 1.165) is 17.7 Å². The minimum absolute atomic E-state index is 0.374. The first-order valence-electron chi connectivity index (χ1n) is 3.93. The molecule has 1 aromatic rings. The highest BCUT2D eigenvalue weighted by Crippen LogP contribution is 2.26. The van der Waals surface area contributed by atoms with Crippen molar-refractivity contribution >= 4 is 11.9 Å². The number of nitrogens with two attached hydrogens (primary N) is 2. The van der Waals surface area contributed by atoms with Gasteiger partial charge in [-0.25, -0.2) is 0 Å². The SMILES string of the molecule is NCC1C=Cc2onc(N)c2C1. The maximum absolute atomic E-state index is 5.60. The lowest BCUT2D eigenvalue weighted by atomic mass is 9.94. The van der Waals surface area contributed by atoms with E-state index in [0.29, 0.717) is 18.3 Å². The van der Waals surface area contributed by atoms with Gasteiger partial charge < -0.3 is 16.0 Å². The second kappa shape index (κ2) is 2.64. The molecule has 1 aliphatic carbocycles. The maximum atomic E-state index is 5.60. The van der Waals surface area contributed by atoms with Crippen molar-refractivity contribution in [3.63, 3.8) is 0 Å². The predicted octanol–water partition coefficient (Wildman–Crippen LogP) is 0.401. The molecule has 0 aromatic carbocycles. The molecule has 64 valence electrons. The number of anilines is 1. The molecule has 4 heteroatoms. The summed E-state index contributed by atoms with van der Waals surface area (Å²) >= 11 is 0. The lowest BCUT2D eigenvalue weighted by Crippen LogP contribution is -2.17. The molecular weight excluding hydrogens is 154 g/mol. The fourth-order valence-electron chi connectivity index (χ4n) is 1.39. The highest BCUT2D eigenvalue weighted by atomic mass is 16.5. The average molecular weight is 165 g/mol. The molecule has 0 spiro atoms. The normalized spacial score (nSPS) is 20.9. The Balaban J connectivity index is 2.35. The van der Waals surface area contributed by atoms with E-state index in [2.05, 4.69) is 5.16 Å². The number of hydrogen-bond donors (Lipinski definition) is 2. The maximum Gasteiger partial charge on any atom is 0.170 e. The molecule has 1 unspecified atom stereocenters. The third-order valence-electron chi connectivity index (χ3n) is 2.14. The highest BCUT2D eigenvalue weighted by Gasteiger charge is 2.19. The monoisotopic (exact) mass is 165 g/mol. The summed E-state index contributed by atoms with van der Waals surface area (Å²) in [5.74, 6) is 1.64. The Morgan fingerprint density at radius 2 is 2.50 bits per heavy atom. The van der Waals surface area contributed by atoms with Crippen LogP contribution < -0.4 is 11.5 Å². The lowest BCUT2D eigenvalue weighted by molar-refractivity contribution is 0.412. The van der Waals surface area contributed by atoms with Crippen molar-refractivity contribution in [2.45, 2.75) is 6.42 Å². The minimum Gasteiger partial charge on any atom is -0.381 e. The Labute approximate surface area is 70.2 Å². The van der Waals surface area contributed by atoms with Crippen molar-refractivity contribution in [3.8, 4) is 0 Å². The summed E-state index contributed by atoms with van der Waals surface area (Å²) in [6, 6.07) is 0. The highest BCUT2D eigenvalue weighted by molar-refractivity contribution is 5.57. The third kappa shape index (κ3) is 1.00. The third-order valence-corrected chi connectivity index (χ3v) is 2.14. The van der Waals surface area contributed by atoms with Crippen LogP contribution in [0.2, 0.25) is 0 Å². The van der Waals surface area contributed by atoms with Crippen molar-refractivity contribution in [1.29, 1.82) is 0 Å².